The molecule has 0 aliphatic carbocycles. The summed E-state index contributed by atoms with van der Waals surface area (Å²) < 4.78 is 5.45. The molecule has 3 N–H and O–H groups in total. The predicted octanol–water partition coefficient (Wildman–Crippen LogP) is 4.42. The van der Waals surface area contributed by atoms with Crippen LogP contribution in [0.1, 0.15) is 36.9 Å². The lowest BCUT2D eigenvalue weighted by atomic mass is 9.96. The largest absolute Gasteiger partial charge is 0.495 e. The van der Waals surface area contributed by atoms with Gasteiger partial charge in [-0.25, -0.2) is 4.98 Å². The Morgan fingerprint density at radius 3 is 2.60 bits per heavy atom. The molecule has 180 valence electrons. The van der Waals surface area contributed by atoms with Crippen LogP contribution >= 0.6 is 0 Å². The first-order valence-electron chi connectivity index (χ1n) is 12.2. The fraction of sp³-hybridized carbons (Fsp3) is 0.385. The molecule has 0 radical (unpaired) electrons. The first-order valence-corrected chi connectivity index (χ1v) is 12.2. The highest BCUT2D eigenvalue weighted by molar-refractivity contribution is 5.92. The Labute approximate surface area is 204 Å². The minimum atomic E-state index is 0.353. The summed E-state index contributed by atoms with van der Waals surface area (Å²) in [6.45, 7) is 2.97. The van der Waals surface area contributed by atoms with Crippen LogP contribution in [0, 0.1) is 6.92 Å². The fourth-order valence-electron chi connectivity index (χ4n) is 5.54. The van der Waals surface area contributed by atoms with Crippen LogP contribution in [0.2, 0.25) is 0 Å². The zero-order chi connectivity index (χ0) is 23.8. The van der Waals surface area contributed by atoms with E-state index in [0.29, 0.717) is 23.9 Å². The highest BCUT2D eigenvalue weighted by Crippen LogP contribution is 2.38. The molecule has 9 heteroatoms. The molecule has 2 fully saturated rings. The van der Waals surface area contributed by atoms with Gasteiger partial charge in [-0.3, -0.25) is 20.0 Å². The zero-order valence-corrected chi connectivity index (χ0v) is 20.0. The molecule has 35 heavy (non-hydrogen) atoms. The number of rotatable bonds is 7. The maximum absolute atomic E-state index is 5.45. The van der Waals surface area contributed by atoms with Crippen molar-refractivity contribution in [2.45, 2.75) is 57.3 Å². The van der Waals surface area contributed by atoms with Gasteiger partial charge in [-0.1, -0.05) is 0 Å². The first kappa shape index (κ1) is 21.8. The van der Waals surface area contributed by atoms with Crippen molar-refractivity contribution in [2.24, 2.45) is 0 Å². The Balaban J connectivity index is 1.25. The van der Waals surface area contributed by atoms with Crippen LogP contribution in [0.4, 0.5) is 17.5 Å². The van der Waals surface area contributed by atoms with Crippen LogP contribution in [0.25, 0.3) is 10.9 Å². The van der Waals surface area contributed by atoms with Gasteiger partial charge in [0, 0.05) is 60.3 Å². The Kier molecular flexibility index (Phi) is 5.69. The normalized spacial score (nSPS) is 21.8. The van der Waals surface area contributed by atoms with E-state index >= 15 is 0 Å². The second kappa shape index (κ2) is 9.14. The smallest absolute Gasteiger partial charge is 0.153 e. The van der Waals surface area contributed by atoms with Gasteiger partial charge in [0.25, 0.3) is 0 Å². The van der Waals surface area contributed by atoms with E-state index in [1.54, 1.807) is 13.3 Å². The molecule has 2 aliphatic heterocycles. The molecular formula is C26H30N8O. The van der Waals surface area contributed by atoms with Crippen molar-refractivity contribution in [3.05, 3.63) is 60.2 Å². The van der Waals surface area contributed by atoms with Crippen LogP contribution in [-0.4, -0.2) is 55.3 Å². The zero-order valence-electron chi connectivity index (χ0n) is 20.0. The van der Waals surface area contributed by atoms with Crippen molar-refractivity contribution >= 4 is 28.4 Å². The molecule has 0 amide bonds. The van der Waals surface area contributed by atoms with Crippen LogP contribution in [0.15, 0.2) is 48.9 Å². The van der Waals surface area contributed by atoms with E-state index in [9.17, 15) is 0 Å². The lowest BCUT2D eigenvalue weighted by Gasteiger charge is -2.39. The van der Waals surface area contributed by atoms with Gasteiger partial charge in [-0.05, 0) is 56.4 Å². The third-order valence-corrected chi connectivity index (χ3v) is 7.19. The average molecular weight is 471 g/mol. The van der Waals surface area contributed by atoms with Crippen molar-refractivity contribution in [3.63, 3.8) is 0 Å². The van der Waals surface area contributed by atoms with E-state index in [0.717, 1.165) is 53.4 Å². The van der Waals surface area contributed by atoms with Crippen molar-refractivity contribution in [3.8, 4) is 5.75 Å². The number of nitrogens with zero attached hydrogens (tertiary/aromatic N) is 5. The number of aromatic amines is 1. The lowest BCUT2D eigenvalue weighted by Crippen LogP contribution is -2.46. The van der Waals surface area contributed by atoms with Crippen molar-refractivity contribution in [1.82, 2.24) is 30.0 Å². The van der Waals surface area contributed by atoms with Gasteiger partial charge in [0.05, 0.1) is 18.8 Å². The summed E-state index contributed by atoms with van der Waals surface area (Å²) in [5.74, 6) is 2.99. The summed E-state index contributed by atoms with van der Waals surface area (Å²) in [6, 6.07) is 11.7. The maximum atomic E-state index is 5.45. The van der Waals surface area contributed by atoms with Crippen molar-refractivity contribution in [2.75, 3.05) is 17.7 Å². The first-order chi connectivity index (χ1) is 17.1. The number of H-pyrrole nitrogens is 1. The van der Waals surface area contributed by atoms with Gasteiger partial charge in [-0.2, -0.15) is 5.10 Å². The summed E-state index contributed by atoms with van der Waals surface area (Å²) in [7, 11) is 1.66. The molecule has 1 unspecified atom stereocenters. The van der Waals surface area contributed by atoms with E-state index in [2.05, 4.69) is 47.8 Å². The highest BCUT2D eigenvalue weighted by atomic mass is 16.5. The molecule has 4 aromatic heterocycles. The standard InChI is InChI=1S/C26H30N8O/c1-16-9-25(33-32-16)30-24-13-23-22(12-21(35-2)14-28-23)26(31-24)29-18-10-19-3-4-20(11-18)34(19)15-17-5-7-27-8-6-17/h5-9,12-14,18-20H,3-4,10-11,15H2,1-2H3,(H3,29,30,31,32,33)/t18?,19-,20+. The third kappa shape index (κ3) is 4.51. The van der Waals surface area contributed by atoms with Gasteiger partial charge >= 0.3 is 0 Å². The number of anilines is 3. The van der Waals surface area contributed by atoms with Crippen molar-refractivity contribution in [1.29, 1.82) is 0 Å². The van der Waals surface area contributed by atoms with Gasteiger partial charge in [0.1, 0.15) is 17.4 Å². The number of ether oxygens (including phenoxy) is 1. The average Bonchev–Trinajstić information content (AvgIpc) is 3.37. The third-order valence-electron chi connectivity index (χ3n) is 7.19. The molecule has 2 aliphatic rings. The molecule has 2 bridgehead atoms. The summed E-state index contributed by atoms with van der Waals surface area (Å²) in [5.41, 5.74) is 3.18. The number of hydrogen-bond acceptors (Lipinski definition) is 8. The van der Waals surface area contributed by atoms with E-state index in [1.165, 1.54) is 18.4 Å². The summed E-state index contributed by atoms with van der Waals surface area (Å²) in [5, 5.41) is 15.3. The van der Waals surface area contributed by atoms with E-state index in [1.807, 2.05) is 37.5 Å². The molecule has 0 spiro atoms. The Bertz CT molecular complexity index is 1310. The SMILES string of the molecule is COc1cnc2cc(Nc3cc(C)[nH]n3)nc(NC3C[C@H]4CC[C@@H](C3)N4Cc3ccncc3)c2c1. The Morgan fingerprint density at radius 2 is 1.89 bits per heavy atom. The molecule has 6 rings (SSSR count). The second-order valence-electron chi connectivity index (χ2n) is 9.58. The molecule has 0 aromatic carbocycles. The number of methoxy groups -OCH3 is 1. The van der Waals surface area contributed by atoms with E-state index in [-0.39, 0.29) is 0 Å². The predicted molar refractivity (Wildman–Crippen MR) is 136 cm³/mol. The molecular weight excluding hydrogens is 440 g/mol. The summed E-state index contributed by atoms with van der Waals surface area (Å²) >= 11 is 0. The monoisotopic (exact) mass is 470 g/mol. The summed E-state index contributed by atoms with van der Waals surface area (Å²) in [4.78, 5) is 16.4. The van der Waals surface area contributed by atoms with Crippen molar-refractivity contribution < 1.29 is 4.74 Å². The number of nitrogens with one attached hydrogen (secondary N) is 3. The Hall–Kier alpha value is -3.72. The number of fused-ring (bicyclic) bond motifs is 3. The fourth-order valence-corrected chi connectivity index (χ4v) is 5.54. The van der Waals surface area contributed by atoms with Gasteiger partial charge in [0.2, 0.25) is 0 Å². The molecule has 4 aromatic rings. The maximum Gasteiger partial charge on any atom is 0.153 e. The van der Waals surface area contributed by atoms with E-state index < -0.39 is 0 Å². The van der Waals surface area contributed by atoms with Gasteiger partial charge in [0.15, 0.2) is 5.82 Å². The topological polar surface area (TPSA) is 104 Å². The quantitative estimate of drug-likeness (QED) is 0.365. The molecule has 2 saturated heterocycles. The van der Waals surface area contributed by atoms with Crippen LogP contribution < -0.4 is 15.4 Å². The molecule has 6 heterocycles. The van der Waals surface area contributed by atoms with Crippen LogP contribution in [0.5, 0.6) is 5.75 Å². The number of piperidine rings is 1. The second-order valence-corrected chi connectivity index (χ2v) is 9.58. The minimum absolute atomic E-state index is 0.353. The molecule has 0 saturated carbocycles. The number of hydrogen-bond donors (Lipinski definition) is 3. The highest BCUT2D eigenvalue weighted by Gasteiger charge is 2.40. The van der Waals surface area contributed by atoms with E-state index in [4.69, 9.17) is 9.72 Å². The summed E-state index contributed by atoms with van der Waals surface area (Å²) in [6.07, 6.45) is 10.2. The minimum Gasteiger partial charge on any atom is -0.495 e. The Morgan fingerprint density at radius 1 is 1.09 bits per heavy atom. The van der Waals surface area contributed by atoms with Crippen LogP contribution in [0.3, 0.4) is 0 Å². The molecule has 9 nitrogen and oxygen atoms in total. The molecule has 3 atom stereocenters. The van der Waals surface area contributed by atoms with Crippen LogP contribution in [-0.2, 0) is 6.54 Å². The van der Waals surface area contributed by atoms with Gasteiger partial charge < -0.3 is 15.4 Å². The van der Waals surface area contributed by atoms with Gasteiger partial charge in [-0.15, -0.1) is 0 Å². The number of pyridine rings is 3. The number of aromatic nitrogens is 5. The number of aryl methyl sites for hydroxylation is 1. The lowest BCUT2D eigenvalue weighted by molar-refractivity contribution is 0.124.